The topological polar surface area (TPSA) is 450 Å². The summed E-state index contributed by atoms with van der Waals surface area (Å²) in [7, 11) is -31.1. The molecule has 0 radical (unpaired) electrons. The number of ketones is 2. The molecule has 4 aromatic carbocycles. The van der Waals surface area contributed by atoms with Gasteiger partial charge >= 0.3 is 0 Å². The third-order valence-electron chi connectivity index (χ3n) is 8.94. The number of allylic oxidation sites excluding steroid dienone is 2. The quantitative estimate of drug-likeness (QED) is 0.0551. The molecular weight excluding hydrogens is 1010 g/mol. The van der Waals surface area contributed by atoms with E-state index >= 15 is 0 Å². The van der Waals surface area contributed by atoms with Crippen molar-refractivity contribution in [1.29, 1.82) is 0 Å². The average Bonchev–Trinajstić information content (AvgIpc) is 3.16. The van der Waals surface area contributed by atoms with Crippen molar-refractivity contribution in [3.05, 3.63) is 104 Å². The van der Waals surface area contributed by atoms with Gasteiger partial charge < -0.3 is 10.2 Å². The lowest BCUT2D eigenvalue weighted by Gasteiger charge is -2.18. The van der Waals surface area contributed by atoms with Crippen molar-refractivity contribution in [3.8, 4) is 11.5 Å². The first-order valence-electron chi connectivity index (χ1n) is 16.9. The molecule has 0 saturated carbocycles. The van der Waals surface area contributed by atoms with E-state index in [2.05, 4.69) is 21.1 Å². The van der Waals surface area contributed by atoms with Crippen LogP contribution in [0, 0.1) is 0 Å². The number of hydrogen-bond acceptors (Lipinski definition) is 20. The molecule has 4 aromatic rings. The number of hydrazone groups is 2. The van der Waals surface area contributed by atoms with Crippen LogP contribution in [0.15, 0.2) is 100 Å². The number of carbonyl (C=O) groups is 2. The number of rotatable bonds is 12. The Morgan fingerprint density at radius 2 is 0.773 bits per heavy atom. The van der Waals surface area contributed by atoms with Crippen molar-refractivity contribution in [1.82, 2.24) is 0 Å². The molecule has 0 aliphatic heterocycles. The Kier molecular flexibility index (Phi) is 12.4. The molecule has 0 bridgehead atoms. The van der Waals surface area contributed by atoms with Gasteiger partial charge in [-0.05, 0) is 70.8 Å². The average molecular weight is 1030 g/mol. The summed E-state index contributed by atoms with van der Waals surface area (Å²) in [5, 5.41) is 27.9. The second-order valence-electron chi connectivity index (χ2n) is 13.3. The summed E-state index contributed by atoms with van der Waals surface area (Å²) < 4.78 is 204. The third kappa shape index (κ3) is 10.1. The van der Waals surface area contributed by atoms with Crippen LogP contribution >= 0.6 is 0 Å². The predicted molar refractivity (Wildman–Crippen MR) is 227 cm³/mol. The number of fused-ring (bicyclic) bond motifs is 2. The molecule has 0 saturated heterocycles. The zero-order valence-corrected chi connectivity index (χ0v) is 36.6. The summed E-state index contributed by atoms with van der Waals surface area (Å²) in [5.74, 6) is -4.97. The first kappa shape index (κ1) is 48.9. The highest BCUT2D eigenvalue weighted by Gasteiger charge is 2.37. The molecule has 0 aromatic heterocycles. The second-order valence-corrected chi connectivity index (χ2v) is 21.7. The molecule has 66 heavy (non-hydrogen) atoms. The van der Waals surface area contributed by atoms with Crippen LogP contribution in [-0.4, -0.2) is 111 Å². The summed E-state index contributed by atoms with van der Waals surface area (Å²) >= 11 is 0. The van der Waals surface area contributed by atoms with Crippen molar-refractivity contribution in [3.63, 3.8) is 0 Å². The van der Waals surface area contributed by atoms with Gasteiger partial charge in [0.15, 0.2) is 11.4 Å². The van der Waals surface area contributed by atoms with Gasteiger partial charge in [-0.2, -0.15) is 60.7 Å². The highest BCUT2D eigenvalue weighted by molar-refractivity contribution is 7.91. The molecule has 0 atom stereocenters. The Hall–Kier alpha value is -6.56. The van der Waals surface area contributed by atoms with Crippen LogP contribution in [0.5, 0.6) is 11.5 Å². The summed E-state index contributed by atoms with van der Waals surface area (Å²) in [6, 6.07) is 7.45. The number of anilines is 2. The van der Waals surface area contributed by atoms with Gasteiger partial charge in [0, 0.05) is 12.1 Å². The fraction of sp³-hybridized carbons (Fsp3) is 0. The number of benzene rings is 4. The largest absolute Gasteiger partial charge is 0.507 e. The standard InChI is InChI=1S/C34H24N4O22S6/c39-23-13-21(61(43,44)45)7-17-9-27(65(55,56)57)31(33(41)29(17)23)37-35-19-5-3-15(25(11-19)63(49,50)51)1-2-16-4-6-20(12-26(16)64(52,53)54)36-38-32-28(66(58,59)60)10-18-8-22(62(46,47)48)14-24(40)30(18)34(32)42/h1-14,35-36,39-40H,(H,43,44,45)(H,46,47,48)(H,49,50,51)(H,52,53,54)(H,55,56,57)(H,58,59,60). The zero-order chi connectivity index (χ0) is 49.3. The minimum Gasteiger partial charge on any atom is -0.507 e. The smallest absolute Gasteiger partial charge is 0.296 e. The number of carbonyl (C=O) groups excluding carboxylic acids is 2. The van der Waals surface area contributed by atoms with E-state index in [1.165, 1.54) is 0 Å². The SMILES string of the molecule is O=C1C(=NNc2ccc(C=Cc3ccc(NN=C4C(=O)c5c(O)cc(S(=O)(=O)O)cc5C=C4S(=O)(=O)O)cc3S(=O)(=O)O)c(S(=O)(=O)O)c2)C(S(=O)(=O)O)=Cc2cc(S(=O)(=O)O)cc(O)c21. The van der Waals surface area contributed by atoms with Crippen LogP contribution in [0.3, 0.4) is 0 Å². The van der Waals surface area contributed by atoms with Crippen LogP contribution < -0.4 is 10.9 Å². The lowest BCUT2D eigenvalue weighted by atomic mass is 9.94. The van der Waals surface area contributed by atoms with Gasteiger partial charge in [-0.3, -0.25) is 47.8 Å². The number of aromatic hydroxyl groups is 2. The highest BCUT2D eigenvalue weighted by atomic mass is 32.2. The minimum atomic E-state index is -5.36. The molecule has 6 rings (SSSR count). The number of phenols is 2. The van der Waals surface area contributed by atoms with Crippen LogP contribution in [0.2, 0.25) is 0 Å². The van der Waals surface area contributed by atoms with E-state index in [1.54, 1.807) is 0 Å². The Morgan fingerprint density at radius 3 is 1.06 bits per heavy atom. The van der Waals surface area contributed by atoms with Crippen LogP contribution in [0.25, 0.3) is 24.3 Å². The Labute approximate surface area is 371 Å². The minimum absolute atomic E-state index is 0.404. The molecule has 0 heterocycles. The molecule has 0 fully saturated rings. The van der Waals surface area contributed by atoms with Crippen LogP contribution in [-0.2, 0) is 60.7 Å². The van der Waals surface area contributed by atoms with Gasteiger partial charge in [-0.1, -0.05) is 24.3 Å². The lowest BCUT2D eigenvalue weighted by Crippen LogP contribution is -2.27. The number of nitrogens with one attached hydrogen (secondary N) is 2. The summed E-state index contributed by atoms with van der Waals surface area (Å²) in [6.07, 6.45) is 2.87. The highest BCUT2D eigenvalue weighted by Crippen LogP contribution is 2.36. The van der Waals surface area contributed by atoms with E-state index in [1.807, 2.05) is 0 Å². The first-order chi connectivity index (χ1) is 30.2. The monoisotopic (exact) mass is 1030 g/mol. The fourth-order valence-corrected chi connectivity index (χ4v) is 9.91. The first-order valence-corrected chi connectivity index (χ1v) is 25.6. The van der Waals surface area contributed by atoms with Crippen LogP contribution in [0.4, 0.5) is 11.4 Å². The molecule has 348 valence electrons. The van der Waals surface area contributed by atoms with Gasteiger partial charge in [0.05, 0.1) is 32.3 Å². The van der Waals surface area contributed by atoms with E-state index in [9.17, 15) is 97.6 Å². The second kappa shape index (κ2) is 16.7. The van der Waals surface area contributed by atoms with E-state index < -0.39 is 169 Å². The molecule has 32 heteroatoms. The molecular formula is C34H24N4O22S6. The molecule has 10 N–H and O–H groups in total. The molecule has 0 amide bonds. The Balaban J connectivity index is 1.33. The van der Waals surface area contributed by atoms with E-state index in [-0.39, 0.29) is 0 Å². The molecule has 0 spiro atoms. The van der Waals surface area contributed by atoms with E-state index in [4.69, 9.17) is 0 Å². The maximum Gasteiger partial charge on any atom is 0.296 e. The predicted octanol–water partition coefficient (Wildman–Crippen LogP) is 2.04. The number of phenolic OH excluding ortho intramolecular Hbond substituents is 2. The lowest BCUT2D eigenvalue weighted by molar-refractivity contribution is 0.105. The van der Waals surface area contributed by atoms with Crippen molar-refractivity contribution in [2.45, 2.75) is 19.6 Å². The van der Waals surface area contributed by atoms with Gasteiger partial charge in [0.2, 0.25) is 11.6 Å². The van der Waals surface area contributed by atoms with Crippen molar-refractivity contribution < 1.29 is 97.6 Å². The maximum absolute atomic E-state index is 13.3. The normalized spacial score (nSPS) is 16.2. The van der Waals surface area contributed by atoms with Crippen molar-refractivity contribution in [2.24, 2.45) is 10.2 Å². The number of hydrogen-bond donors (Lipinski definition) is 10. The van der Waals surface area contributed by atoms with Gasteiger partial charge in [-0.15, -0.1) is 0 Å². The zero-order valence-electron chi connectivity index (χ0n) is 31.7. The van der Waals surface area contributed by atoms with Gasteiger partial charge in [0.1, 0.15) is 31.1 Å². The summed E-state index contributed by atoms with van der Waals surface area (Å²) in [5.41, 5.74) is -2.23. The molecule has 26 nitrogen and oxygen atoms in total. The number of nitrogens with zero attached hydrogens (tertiary/aromatic N) is 2. The van der Waals surface area contributed by atoms with Gasteiger partial charge in [0.25, 0.3) is 60.7 Å². The summed E-state index contributed by atoms with van der Waals surface area (Å²) in [6.45, 7) is 0. The fourth-order valence-electron chi connectivity index (χ4n) is 6.10. The Bertz CT molecular complexity index is 3500. The van der Waals surface area contributed by atoms with E-state index in [0.717, 1.165) is 36.4 Å². The molecule has 2 aliphatic carbocycles. The maximum atomic E-state index is 13.3. The van der Waals surface area contributed by atoms with Crippen LogP contribution in [0.1, 0.15) is 43.0 Å². The third-order valence-corrected chi connectivity index (χ3v) is 14.2. The van der Waals surface area contributed by atoms with Crippen molar-refractivity contribution in [2.75, 3.05) is 10.9 Å². The van der Waals surface area contributed by atoms with E-state index in [0.29, 0.717) is 48.6 Å². The summed E-state index contributed by atoms with van der Waals surface area (Å²) in [4.78, 5) is 20.3. The van der Waals surface area contributed by atoms with Gasteiger partial charge in [-0.25, -0.2) is 0 Å². The number of Topliss-reactive ketones (excluding diaryl/α,β-unsaturated/α-hetero) is 2. The van der Waals surface area contributed by atoms with Crippen molar-refractivity contribution >= 4 is 119 Å². The molecule has 2 aliphatic rings. The Morgan fingerprint density at radius 1 is 0.439 bits per heavy atom. The molecule has 0 unspecified atom stereocenters.